The van der Waals surface area contributed by atoms with Gasteiger partial charge in [-0.2, -0.15) is 0 Å². The zero-order chi connectivity index (χ0) is 26.3. The van der Waals surface area contributed by atoms with Crippen LogP contribution < -0.4 is 16.4 Å². The third-order valence-electron chi connectivity index (χ3n) is 6.12. The van der Waals surface area contributed by atoms with E-state index in [9.17, 15) is 29.4 Å². The van der Waals surface area contributed by atoms with E-state index >= 15 is 0 Å². The summed E-state index contributed by atoms with van der Waals surface area (Å²) in [6.45, 7) is 7.62. The van der Waals surface area contributed by atoms with Crippen LogP contribution in [0.25, 0.3) is 0 Å². The molecule has 1 aromatic rings. The highest BCUT2D eigenvalue weighted by Gasteiger charge is 2.38. The molecule has 1 aliphatic rings. The lowest BCUT2D eigenvalue weighted by atomic mass is 10.00. The zero-order valence-corrected chi connectivity index (χ0v) is 20.9. The number of nitrogens with zero attached hydrogens (tertiary/aromatic N) is 1. The van der Waals surface area contributed by atoms with Gasteiger partial charge in [0.2, 0.25) is 17.7 Å². The van der Waals surface area contributed by atoms with Gasteiger partial charge in [-0.25, -0.2) is 4.79 Å². The van der Waals surface area contributed by atoms with Crippen LogP contribution in [0.1, 0.15) is 52.5 Å². The highest BCUT2D eigenvalue weighted by Crippen LogP contribution is 2.20. The summed E-state index contributed by atoms with van der Waals surface area (Å²) in [6, 6.07) is 2.80. The second kappa shape index (κ2) is 12.5. The molecule has 10 heteroatoms. The Bertz CT molecular complexity index is 902. The molecule has 4 unspecified atom stereocenters. The van der Waals surface area contributed by atoms with E-state index in [1.54, 1.807) is 26.0 Å². The van der Waals surface area contributed by atoms with Gasteiger partial charge in [-0.05, 0) is 55.2 Å². The highest BCUT2D eigenvalue weighted by atomic mass is 16.4. The third-order valence-corrected chi connectivity index (χ3v) is 6.12. The number of phenolic OH excluding ortho intramolecular Hbond substituents is 1. The first-order chi connectivity index (χ1) is 16.4. The van der Waals surface area contributed by atoms with Crippen molar-refractivity contribution in [2.45, 2.75) is 77.5 Å². The summed E-state index contributed by atoms with van der Waals surface area (Å²) in [5.41, 5.74) is 6.93. The van der Waals surface area contributed by atoms with Gasteiger partial charge in [0.1, 0.15) is 23.9 Å². The number of amides is 3. The van der Waals surface area contributed by atoms with E-state index in [0.717, 1.165) is 5.56 Å². The van der Waals surface area contributed by atoms with Crippen molar-refractivity contribution in [2.75, 3.05) is 6.54 Å². The van der Waals surface area contributed by atoms with E-state index < -0.39 is 42.0 Å². The topological polar surface area (TPSA) is 162 Å². The van der Waals surface area contributed by atoms with Crippen molar-refractivity contribution in [3.63, 3.8) is 0 Å². The van der Waals surface area contributed by atoms with E-state index in [2.05, 4.69) is 10.6 Å². The molecular formula is C25H38N4O6. The molecule has 3 amide bonds. The quantitative estimate of drug-likeness (QED) is 0.309. The molecule has 194 valence electrons. The number of nitrogens with one attached hydrogen (secondary N) is 2. The zero-order valence-electron chi connectivity index (χ0n) is 20.9. The Morgan fingerprint density at radius 3 is 2.26 bits per heavy atom. The molecule has 1 aromatic carbocycles. The van der Waals surface area contributed by atoms with Crippen molar-refractivity contribution in [2.24, 2.45) is 17.6 Å². The summed E-state index contributed by atoms with van der Waals surface area (Å²) in [4.78, 5) is 52.0. The lowest BCUT2D eigenvalue weighted by Crippen LogP contribution is -2.58. The number of likely N-dealkylation sites (tertiary alicyclic amines) is 1. The summed E-state index contributed by atoms with van der Waals surface area (Å²) in [5.74, 6) is -2.63. The fraction of sp³-hybridized carbons (Fsp3) is 0.600. The number of carboxylic acid groups (broad SMARTS) is 1. The Kier molecular flexibility index (Phi) is 10.1. The number of aromatic hydroxyl groups is 1. The summed E-state index contributed by atoms with van der Waals surface area (Å²) in [6.07, 6.45) is 1.60. The summed E-state index contributed by atoms with van der Waals surface area (Å²) in [7, 11) is 0. The van der Waals surface area contributed by atoms with Crippen LogP contribution in [0, 0.1) is 11.8 Å². The molecule has 1 saturated heterocycles. The van der Waals surface area contributed by atoms with Crippen LogP contribution in [0.15, 0.2) is 24.3 Å². The number of phenols is 1. The predicted molar refractivity (Wildman–Crippen MR) is 130 cm³/mol. The fourth-order valence-electron chi connectivity index (χ4n) is 4.23. The van der Waals surface area contributed by atoms with Crippen molar-refractivity contribution in [1.29, 1.82) is 0 Å². The van der Waals surface area contributed by atoms with Crippen LogP contribution in [-0.2, 0) is 25.6 Å². The number of nitrogens with two attached hydrogens (primary N) is 1. The maximum absolute atomic E-state index is 13.1. The first kappa shape index (κ1) is 28.1. The first-order valence-corrected chi connectivity index (χ1v) is 12.1. The highest BCUT2D eigenvalue weighted by molar-refractivity contribution is 5.94. The first-order valence-electron chi connectivity index (χ1n) is 12.1. The molecule has 0 bridgehead atoms. The second-order valence-electron chi connectivity index (χ2n) is 9.93. The minimum Gasteiger partial charge on any atom is -0.508 e. The van der Waals surface area contributed by atoms with E-state index in [1.165, 1.54) is 17.0 Å². The Morgan fingerprint density at radius 1 is 1.09 bits per heavy atom. The maximum Gasteiger partial charge on any atom is 0.326 e. The molecule has 2 rings (SSSR count). The molecule has 10 nitrogen and oxygen atoms in total. The maximum atomic E-state index is 13.1. The average Bonchev–Trinajstić information content (AvgIpc) is 3.27. The molecular weight excluding hydrogens is 452 g/mol. The monoisotopic (exact) mass is 490 g/mol. The number of hydrogen-bond donors (Lipinski definition) is 5. The van der Waals surface area contributed by atoms with Gasteiger partial charge in [0, 0.05) is 6.54 Å². The molecule has 1 fully saturated rings. The number of carbonyl (C=O) groups is 4. The Balaban J connectivity index is 2.06. The van der Waals surface area contributed by atoms with E-state index in [0.29, 0.717) is 19.4 Å². The molecule has 1 heterocycles. The van der Waals surface area contributed by atoms with Crippen molar-refractivity contribution in [1.82, 2.24) is 15.5 Å². The lowest BCUT2D eigenvalue weighted by molar-refractivity contribution is -0.143. The largest absolute Gasteiger partial charge is 0.508 e. The molecule has 0 spiro atoms. The molecule has 35 heavy (non-hydrogen) atoms. The van der Waals surface area contributed by atoms with Crippen LogP contribution in [-0.4, -0.2) is 69.5 Å². The van der Waals surface area contributed by atoms with Crippen molar-refractivity contribution in [3.05, 3.63) is 29.8 Å². The standard InChI is InChI=1S/C25H38N4O6/c1-14(2)12-19(25(34)35)27-23(32)21(15(3)4)28-22(31)20-6-5-11-29(20)24(33)18(26)13-16-7-9-17(30)10-8-16/h7-10,14-15,18-21,30H,5-6,11-13,26H2,1-4H3,(H,27,32)(H,28,31)(H,34,35). The molecule has 0 aromatic heterocycles. The van der Waals surface area contributed by atoms with Crippen LogP contribution in [0.3, 0.4) is 0 Å². The van der Waals surface area contributed by atoms with E-state index in [4.69, 9.17) is 5.73 Å². The van der Waals surface area contributed by atoms with Crippen molar-refractivity contribution >= 4 is 23.7 Å². The molecule has 0 saturated carbocycles. The van der Waals surface area contributed by atoms with Gasteiger partial charge in [0.15, 0.2) is 0 Å². The fourth-order valence-corrected chi connectivity index (χ4v) is 4.23. The van der Waals surface area contributed by atoms with Gasteiger partial charge in [-0.3, -0.25) is 14.4 Å². The van der Waals surface area contributed by atoms with E-state index in [-0.39, 0.29) is 36.3 Å². The second-order valence-corrected chi connectivity index (χ2v) is 9.93. The Hall–Kier alpha value is -3.14. The molecule has 4 atom stereocenters. The molecule has 0 radical (unpaired) electrons. The summed E-state index contributed by atoms with van der Waals surface area (Å²) >= 11 is 0. The van der Waals surface area contributed by atoms with Crippen LogP contribution in [0.2, 0.25) is 0 Å². The lowest BCUT2D eigenvalue weighted by Gasteiger charge is -2.30. The molecule has 6 N–H and O–H groups in total. The smallest absolute Gasteiger partial charge is 0.326 e. The van der Waals surface area contributed by atoms with Gasteiger partial charge in [-0.1, -0.05) is 39.8 Å². The number of benzene rings is 1. The van der Waals surface area contributed by atoms with Crippen LogP contribution >= 0.6 is 0 Å². The number of hydrogen-bond acceptors (Lipinski definition) is 6. The summed E-state index contributed by atoms with van der Waals surface area (Å²) in [5, 5.41) is 24.1. The Morgan fingerprint density at radius 2 is 1.71 bits per heavy atom. The van der Waals surface area contributed by atoms with Crippen molar-refractivity contribution in [3.8, 4) is 5.75 Å². The molecule has 0 aliphatic carbocycles. The minimum absolute atomic E-state index is 0.0623. The van der Waals surface area contributed by atoms with Gasteiger partial charge in [0.25, 0.3) is 0 Å². The SMILES string of the molecule is CC(C)CC(NC(=O)C(NC(=O)C1CCCN1C(=O)C(N)Cc1ccc(O)cc1)C(C)C)C(=O)O. The normalized spacial score (nSPS) is 18.3. The minimum atomic E-state index is -1.13. The van der Waals surface area contributed by atoms with Crippen LogP contribution in [0.4, 0.5) is 0 Å². The van der Waals surface area contributed by atoms with E-state index in [1.807, 2.05) is 13.8 Å². The number of rotatable bonds is 11. The van der Waals surface area contributed by atoms with Gasteiger partial charge < -0.3 is 31.5 Å². The average molecular weight is 491 g/mol. The number of carboxylic acids is 1. The molecule has 1 aliphatic heterocycles. The number of carbonyl (C=O) groups excluding carboxylic acids is 3. The summed E-state index contributed by atoms with van der Waals surface area (Å²) < 4.78 is 0. The third kappa shape index (κ3) is 7.95. The van der Waals surface area contributed by atoms with Gasteiger partial charge in [-0.15, -0.1) is 0 Å². The van der Waals surface area contributed by atoms with Gasteiger partial charge >= 0.3 is 5.97 Å². The van der Waals surface area contributed by atoms with Crippen molar-refractivity contribution < 1.29 is 29.4 Å². The Labute approximate surface area is 206 Å². The predicted octanol–water partition coefficient (Wildman–Crippen LogP) is 1.01. The number of aliphatic carboxylic acids is 1. The van der Waals surface area contributed by atoms with Gasteiger partial charge in [0.05, 0.1) is 6.04 Å². The van der Waals surface area contributed by atoms with Crippen LogP contribution in [0.5, 0.6) is 5.75 Å².